The maximum atomic E-state index is 12.5. The van der Waals surface area contributed by atoms with Gasteiger partial charge in [-0.1, -0.05) is 6.92 Å². The highest BCUT2D eigenvalue weighted by Crippen LogP contribution is 2.18. The van der Waals surface area contributed by atoms with E-state index in [1.54, 1.807) is 23.1 Å². The fraction of sp³-hybridized carbons (Fsp3) is 0.385. The van der Waals surface area contributed by atoms with E-state index in [0.29, 0.717) is 36.4 Å². The Hall–Kier alpha value is -2.24. The number of anilines is 2. The third kappa shape index (κ3) is 2.62. The topological polar surface area (TPSA) is 101 Å². The van der Waals surface area contributed by atoms with Crippen molar-refractivity contribution in [3.63, 3.8) is 0 Å². The molecule has 1 heterocycles. The van der Waals surface area contributed by atoms with E-state index in [1.807, 2.05) is 6.92 Å². The average Bonchev–Trinajstić information content (AvgIpc) is 2.36. The maximum absolute atomic E-state index is 12.5. The minimum atomic E-state index is -0.427. The Balaban J connectivity index is 2.29. The lowest BCUT2D eigenvalue weighted by Crippen LogP contribution is -2.56. The second-order valence-electron chi connectivity index (χ2n) is 4.60. The van der Waals surface area contributed by atoms with Gasteiger partial charge in [-0.2, -0.15) is 0 Å². The molecule has 1 unspecified atom stereocenters. The van der Waals surface area contributed by atoms with Crippen molar-refractivity contribution in [1.82, 2.24) is 10.2 Å². The zero-order valence-corrected chi connectivity index (χ0v) is 10.8. The molecule has 0 aliphatic carbocycles. The number of benzene rings is 1. The van der Waals surface area contributed by atoms with Gasteiger partial charge in [-0.3, -0.25) is 9.59 Å². The minimum Gasteiger partial charge on any atom is -0.399 e. The van der Waals surface area contributed by atoms with Crippen LogP contribution in [0.25, 0.3) is 0 Å². The average molecular weight is 262 g/mol. The summed E-state index contributed by atoms with van der Waals surface area (Å²) in [5, 5.41) is 2.76. The molecule has 1 aromatic rings. The van der Waals surface area contributed by atoms with Crippen LogP contribution in [0.4, 0.5) is 11.4 Å². The van der Waals surface area contributed by atoms with Gasteiger partial charge in [-0.05, 0) is 24.6 Å². The summed E-state index contributed by atoms with van der Waals surface area (Å²) in [7, 11) is 0. The van der Waals surface area contributed by atoms with Crippen LogP contribution in [-0.2, 0) is 4.79 Å². The van der Waals surface area contributed by atoms with Crippen molar-refractivity contribution in [3.05, 3.63) is 23.8 Å². The molecule has 102 valence electrons. The summed E-state index contributed by atoms with van der Waals surface area (Å²) in [6.07, 6.45) is 0.579. The van der Waals surface area contributed by atoms with Crippen LogP contribution in [0.5, 0.6) is 0 Å². The van der Waals surface area contributed by atoms with Crippen LogP contribution in [0, 0.1) is 0 Å². The normalized spacial score (nSPS) is 19.1. The molecule has 0 aromatic heterocycles. The van der Waals surface area contributed by atoms with Gasteiger partial charge in [-0.25, -0.2) is 0 Å². The first-order valence-electron chi connectivity index (χ1n) is 6.27. The molecule has 0 bridgehead atoms. The van der Waals surface area contributed by atoms with Crippen molar-refractivity contribution in [1.29, 1.82) is 0 Å². The summed E-state index contributed by atoms with van der Waals surface area (Å²) >= 11 is 0. The van der Waals surface area contributed by atoms with Crippen molar-refractivity contribution in [2.45, 2.75) is 19.4 Å². The van der Waals surface area contributed by atoms with E-state index < -0.39 is 6.04 Å². The molecule has 1 aliphatic rings. The number of nitrogens with two attached hydrogens (primary N) is 2. The number of hydrogen-bond donors (Lipinski definition) is 3. The number of rotatable bonds is 2. The van der Waals surface area contributed by atoms with Gasteiger partial charge in [0.2, 0.25) is 5.91 Å². The van der Waals surface area contributed by atoms with Crippen LogP contribution in [-0.4, -0.2) is 35.8 Å². The first-order valence-corrected chi connectivity index (χ1v) is 6.27. The van der Waals surface area contributed by atoms with Crippen LogP contribution in [0.1, 0.15) is 23.7 Å². The standard InChI is InChI=1S/C13H18N4O2/c1-2-11-12(18)16-3-4-17(11)13(19)8-5-9(14)7-10(15)6-8/h5-7,11H,2-4,14-15H2,1H3,(H,16,18). The van der Waals surface area contributed by atoms with E-state index in [2.05, 4.69) is 5.32 Å². The van der Waals surface area contributed by atoms with Crippen LogP contribution < -0.4 is 16.8 Å². The molecule has 6 heteroatoms. The van der Waals surface area contributed by atoms with Crippen molar-refractivity contribution >= 4 is 23.2 Å². The van der Waals surface area contributed by atoms with Gasteiger partial charge in [0.15, 0.2) is 0 Å². The summed E-state index contributed by atoms with van der Waals surface area (Å²) in [5.41, 5.74) is 12.7. The zero-order valence-electron chi connectivity index (χ0n) is 10.8. The molecule has 2 amide bonds. The second kappa shape index (κ2) is 5.17. The first-order chi connectivity index (χ1) is 9.02. The lowest BCUT2D eigenvalue weighted by Gasteiger charge is -2.34. The summed E-state index contributed by atoms with van der Waals surface area (Å²) in [4.78, 5) is 25.8. The van der Waals surface area contributed by atoms with Gasteiger partial charge in [0, 0.05) is 30.0 Å². The summed E-state index contributed by atoms with van der Waals surface area (Å²) in [6.45, 7) is 2.85. The molecule has 0 radical (unpaired) electrons. The lowest BCUT2D eigenvalue weighted by atomic mass is 10.1. The molecule has 1 saturated heterocycles. The van der Waals surface area contributed by atoms with E-state index in [9.17, 15) is 9.59 Å². The molecule has 5 N–H and O–H groups in total. The summed E-state index contributed by atoms with van der Waals surface area (Å²) in [6, 6.07) is 4.33. The molecule has 1 fully saturated rings. The summed E-state index contributed by atoms with van der Waals surface area (Å²) < 4.78 is 0. The van der Waals surface area contributed by atoms with Crippen molar-refractivity contribution in [2.24, 2.45) is 0 Å². The fourth-order valence-corrected chi connectivity index (χ4v) is 2.33. The van der Waals surface area contributed by atoms with Crippen LogP contribution in [0.15, 0.2) is 18.2 Å². The van der Waals surface area contributed by atoms with Crippen molar-refractivity contribution in [2.75, 3.05) is 24.6 Å². The van der Waals surface area contributed by atoms with Gasteiger partial charge in [0.25, 0.3) is 5.91 Å². The molecule has 6 nitrogen and oxygen atoms in total. The third-order valence-corrected chi connectivity index (χ3v) is 3.20. The Kier molecular flexibility index (Phi) is 3.59. The number of amides is 2. The highest BCUT2D eigenvalue weighted by Gasteiger charge is 2.32. The number of piperazine rings is 1. The van der Waals surface area contributed by atoms with Gasteiger partial charge < -0.3 is 21.7 Å². The van der Waals surface area contributed by atoms with Crippen molar-refractivity contribution in [3.8, 4) is 0 Å². The molecule has 2 rings (SSSR count). The van der Waals surface area contributed by atoms with E-state index >= 15 is 0 Å². The Morgan fingerprint density at radius 1 is 1.37 bits per heavy atom. The first kappa shape index (κ1) is 13.2. The van der Waals surface area contributed by atoms with E-state index in [0.717, 1.165) is 0 Å². The molecular weight excluding hydrogens is 244 g/mol. The van der Waals surface area contributed by atoms with E-state index in [4.69, 9.17) is 11.5 Å². The molecule has 0 saturated carbocycles. The Labute approximate surface area is 111 Å². The largest absolute Gasteiger partial charge is 0.399 e. The van der Waals surface area contributed by atoms with Crippen molar-refractivity contribution < 1.29 is 9.59 Å². The predicted octanol–water partition coefficient (Wildman–Crippen LogP) is 0.202. The van der Waals surface area contributed by atoms with Crippen LogP contribution >= 0.6 is 0 Å². The van der Waals surface area contributed by atoms with Gasteiger partial charge >= 0.3 is 0 Å². The number of nitrogens with one attached hydrogen (secondary N) is 1. The number of carbonyl (C=O) groups excluding carboxylic acids is 2. The number of carbonyl (C=O) groups is 2. The minimum absolute atomic E-state index is 0.112. The van der Waals surface area contributed by atoms with E-state index in [-0.39, 0.29) is 11.8 Å². The molecule has 1 aliphatic heterocycles. The van der Waals surface area contributed by atoms with Gasteiger partial charge in [-0.15, -0.1) is 0 Å². The number of hydrogen-bond acceptors (Lipinski definition) is 4. The van der Waals surface area contributed by atoms with E-state index in [1.165, 1.54) is 0 Å². The Bertz CT molecular complexity index is 495. The molecule has 0 spiro atoms. The highest BCUT2D eigenvalue weighted by molar-refractivity contribution is 5.99. The van der Waals surface area contributed by atoms with Gasteiger partial charge in [0.05, 0.1) is 0 Å². The monoisotopic (exact) mass is 262 g/mol. The highest BCUT2D eigenvalue weighted by atomic mass is 16.2. The number of nitrogens with zero attached hydrogens (tertiary/aromatic N) is 1. The van der Waals surface area contributed by atoms with Crippen LogP contribution in [0.3, 0.4) is 0 Å². The third-order valence-electron chi connectivity index (χ3n) is 3.20. The second-order valence-corrected chi connectivity index (χ2v) is 4.60. The quantitative estimate of drug-likeness (QED) is 0.663. The molecular formula is C13H18N4O2. The SMILES string of the molecule is CCC1C(=O)NCCN1C(=O)c1cc(N)cc(N)c1. The number of nitrogen functional groups attached to an aromatic ring is 2. The Morgan fingerprint density at radius 3 is 2.58 bits per heavy atom. The fourth-order valence-electron chi connectivity index (χ4n) is 2.33. The predicted molar refractivity (Wildman–Crippen MR) is 73.4 cm³/mol. The zero-order chi connectivity index (χ0) is 14.0. The molecule has 1 atom stereocenters. The smallest absolute Gasteiger partial charge is 0.254 e. The Morgan fingerprint density at radius 2 is 2.00 bits per heavy atom. The molecule has 19 heavy (non-hydrogen) atoms. The maximum Gasteiger partial charge on any atom is 0.254 e. The lowest BCUT2D eigenvalue weighted by molar-refractivity contribution is -0.127. The summed E-state index contributed by atoms with van der Waals surface area (Å²) in [5.74, 6) is -0.320. The van der Waals surface area contributed by atoms with Gasteiger partial charge in [0.1, 0.15) is 6.04 Å². The van der Waals surface area contributed by atoms with Crippen LogP contribution in [0.2, 0.25) is 0 Å². The molecule has 1 aromatic carbocycles.